The van der Waals surface area contributed by atoms with Gasteiger partial charge in [0.1, 0.15) is 0 Å². The Hall–Kier alpha value is -3.25. The fraction of sp³-hybridized carbons (Fsp3) is 0.261. The topological polar surface area (TPSA) is 61.4 Å². The zero-order chi connectivity index (χ0) is 19.9. The lowest BCUT2D eigenvalue weighted by Gasteiger charge is -2.35. The summed E-state index contributed by atoms with van der Waals surface area (Å²) in [6.45, 7) is 3.16. The number of hydrogen-bond donors (Lipinski definition) is 1. The first-order chi connectivity index (χ1) is 14.3. The molecule has 0 unspecified atom stereocenters. The average molecular weight is 387 g/mol. The maximum absolute atomic E-state index is 12.8. The summed E-state index contributed by atoms with van der Waals surface area (Å²) in [5.41, 5.74) is 2.30. The Morgan fingerprint density at radius 3 is 1.93 bits per heavy atom. The van der Waals surface area contributed by atoms with E-state index in [1.807, 2.05) is 47.4 Å². The molecule has 1 saturated heterocycles. The van der Waals surface area contributed by atoms with Gasteiger partial charge >= 0.3 is 0 Å². The van der Waals surface area contributed by atoms with Crippen molar-refractivity contribution < 1.29 is 4.79 Å². The van der Waals surface area contributed by atoms with E-state index in [1.165, 1.54) is 0 Å². The van der Waals surface area contributed by atoms with E-state index in [-0.39, 0.29) is 11.9 Å². The fourth-order valence-electron chi connectivity index (χ4n) is 3.63. The smallest absolute Gasteiger partial charge is 0.236 e. The van der Waals surface area contributed by atoms with Crippen molar-refractivity contribution in [3.63, 3.8) is 0 Å². The van der Waals surface area contributed by atoms with Crippen LogP contribution >= 0.6 is 0 Å². The SMILES string of the molecule is O=C(CNC(c1ccccc1)c1ccccc1)N1CCN(c2ncccn2)CC1. The third-order valence-corrected chi connectivity index (χ3v) is 5.19. The molecular formula is C23H25N5O. The van der Waals surface area contributed by atoms with E-state index < -0.39 is 0 Å². The molecular weight excluding hydrogens is 362 g/mol. The highest BCUT2D eigenvalue weighted by Gasteiger charge is 2.23. The lowest BCUT2D eigenvalue weighted by molar-refractivity contribution is -0.130. The molecule has 6 heteroatoms. The summed E-state index contributed by atoms with van der Waals surface area (Å²) in [6.07, 6.45) is 3.49. The Morgan fingerprint density at radius 1 is 0.828 bits per heavy atom. The Balaban J connectivity index is 1.36. The summed E-state index contributed by atoms with van der Waals surface area (Å²) in [7, 11) is 0. The lowest BCUT2D eigenvalue weighted by atomic mass is 9.99. The minimum atomic E-state index is -0.0136. The normalized spacial score (nSPS) is 14.2. The van der Waals surface area contributed by atoms with E-state index >= 15 is 0 Å². The summed E-state index contributed by atoms with van der Waals surface area (Å²) in [5.74, 6) is 0.849. The molecule has 0 saturated carbocycles. The maximum atomic E-state index is 12.8. The molecule has 0 atom stereocenters. The lowest BCUT2D eigenvalue weighted by Crippen LogP contribution is -2.51. The van der Waals surface area contributed by atoms with E-state index in [4.69, 9.17) is 0 Å². The molecule has 1 aliphatic rings. The second-order valence-corrected chi connectivity index (χ2v) is 7.05. The van der Waals surface area contributed by atoms with Crippen molar-refractivity contribution in [1.29, 1.82) is 0 Å². The molecule has 0 bridgehead atoms. The molecule has 4 rings (SSSR count). The molecule has 0 spiro atoms. The molecule has 2 aromatic carbocycles. The van der Waals surface area contributed by atoms with Crippen LogP contribution in [0.25, 0.3) is 0 Å². The van der Waals surface area contributed by atoms with Gasteiger partial charge in [0.2, 0.25) is 11.9 Å². The van der Waals surface area contributed by atoms with E-state index in [1.54, 1.807) is 12.4 Å². The first-order valence-electron chi connectivity index (χ1n) is 9.94. The molecule has 1 N–H and O–H groups in total. The Kier molecular flexibility index (Phi) is 6.12. The van der Waals surface area contributed by atoms with Crippen molar-refractivity contribution in [2.45, 2.75) is 6.04 Å². The van der Waals surface area contributed by atoms with Crippen LogP contribution in [0.5, 0.6) is 0 Å². The van der Waals surface area contributed by atoms with E-state index in [0.717, 1.165) is 30.2 Å². The molecule has 2 heterocycles. The second kappa shape index (κ2) is 9.30. The van der Waals surface area contributed by atoms with Crippen LogP contribution in [0.1, 0.15) is 17.2 Å². The minimum absolute atomic E-state index is 0.0136. The number of hydrogen-bond acceptors (Lipinski definition) is 5. The predicted molar refractivity (Wildman–Crippen MR) is 114 cm³/mol. The van der Waals surface area contributed by atoms with Crippen molar-refractivity contribution in [3.05, 3.63) is 90.3 Å². The van der Waals surface area contributed by atoms with Gasteiger partial charge in [-0.3, -0.25) is 10.1 Å². The number of rotatable bonds is 6. The van der Waals surface area contributed by atoms with Crippen LogP contribution in [0.4, 0.5) is 5.95 Å². The Labute approximate surface area is 171 Å². The number of nitrogens with zero attached hydrogens (tertiary/aromatic N) is 4. The van der Waals surface area contributed by atoms with Crippen LogP contribution in [-0.2, 0) is 4.79 Å². The van der Waals surface area contributed by atoms with Gasteiger partial charge in [-0.05, 0) is 17.2 Å². The summed E-state index contributed by atoms with van der Waals surface area (Å²) in [6, 6.07) is 22.3. The number of aromatic nitrogens is 2. The van der Waals surface area contributed by atoms with Crippen molar-refractivity contribution >= 4 is 11.9 Å². The molecule has 6 nitrogen and oxygen atoms in total. The second-order valence-electron chi connectivity index (χ2n) is 7.05. The Morgan fingerprint density at radius 2 is 1.38 bits per heavy atom. The monoisotopic (exact) mass is 387 g/mol. The highest BCUT2D eigenvalue weighted by molar-refractivity contribution is 5.78. The van der Waals surface area contributed by atoms with Crippen LogP contribution in [0, 0.1) is 0 Å². The van der Waals surface area contributed by atoms with Crippen molar-refractivity contribution in [2.24, 2.45) is 0 Å². The van der Waals surface area contributed by atoms with Crippen LogP contribution in [0.15, 0.2) is 79.1 Å². The summed E-state index contributed by atoms with van der Waals surface area (Å²) >= 11 is 0. The van der Waals surface area contributed by atoms with Crippen molar-refractivity contribution in [1.82, 2.24) is 20.2 Å². The molecule has 0 aliphatic carbocycles. The van der Waals surface area contributed by atoms with Gasteiger partial charge < -0.3 is 9.80 Å². The quantitative estimate of drug-likeness (QED) is 0.704. The van der Waals surface area contributed by atoms with Gasteiger partial charge in [0.25, 0.3) is 0 Å². The largest absolute Gasteiger partial charge is 0.338 e. The summed E-state index contributed by atoms with van der Waals surface area (Å²) in [4.78, 5) is 25.5. The molecule has 1 amide bonds. The molecule has 1 fully saturated rings. The van der Waals surface area contributed by atoms with Gasteiger partial charge in [-0.15, -0.1) is 0 Å². The number of anilines is 1. The zero-order valence-corrected chi connectivity index (χ0v) is 16.3. The number of amides is 1. The minimum Gasteiger partial charge on any atom is -0.338 e. The number of carbonyl (C=O) groups is 1. The molecule has 1 aliphatic heterocycles. The highest BCUT2D eigenvalue weighted by Crippen LogP contribution is 2.21. The van der Waals surface area contributed by atoms with E-state index in [2.05, 4.69) is 44.5 Å². The van der Waals surface area contributed by atoms with Crippen LogP contribution in [-0.4, -0.2) is 53.5 Å². The first kappa shape index (κ1) is 19.1. The number of piperazine rings is 1. The first-order valence-corrected chi connectivity index (χ1v) is 9.94. The van der Waals surface area contributed by atoms with Gasteiger partial charge in [0.05, 0.1) is 12.6 Å². The predicted octanol–water partition coefficient (Wildman–Crippen LogP) is 2.50. The number of nitrogens with one attached hydrogen (secondary N) is 1. The molecule has 3 aromatic rings. The number of benzene rings is 2. The molecule has 1 aromatic heterocycles. The summed E-state index contributed by atoms with van der Waals surface area (Å²) in [5, 5.41) is 3.46. The van der Waals surface area contributed by atoms with E-state index in [0.29, 0.717) is 19.6 Å². The van der Waals surface area contributed by atoms with Gasteiger partial charge in [-0.1, -0.05) is 60.7 Å². The van der Waals surface area contributed by atoms with Crippen LogP contribution < -0.4 is 10.2 Å². The third-order valence-electron chi connectivity index (χ3n) is 5.19. The van der Waals surface area contributed by atoms with Crippen molar-refractivity contribution in [2.75, 3.05) is 37.6 Å². The van der Waals surface area contributed by atoms with Crippen LogP contribution in [0.2, 0.25) is 0 Å². The molecule has 0 radical (unpaired) electrons. The van der Waals surface area contributed by atoms with Crippen LogP contribution in [0.3, 0.4) is 0 Å². The van der Waals surface area contributed by atoms with Crippen molar-refractivity contribution in [3.8, 4) is 0 Å². The Bertz CT molecular complexity index is 857. The fourth-order valence-corrected chi connectivity index (χ4v) is 3.63. The van der Waals surface area contributed by atoms with Gasteiger partial charge in [-0.25, -0.2) is 9.97 Å². The highest BCUT2D eigenvalue weighted by atomic mass is 16.2. The maximum Gasteiger partial charge on any atom is 0.236 e. The molecule has 29 heavy (non-hydrogen) atoms. The molecule has 148 valence electrons. The zero-order valence-electron chi connectivity index (χ0n) is 16.3. The third kappa shape index (κ3) is 4.78. The average Bonchev–Trinajstić information content (AvgIpc) is 2.81. The summed E-state index contributed by atoms with van der Waals surface area (Å²) < 4.78 is 0. The van der Waals surface area contributed by atoms with Gasteiger partial charge in [0, 0.05) is 38.6 Å². The van der Waals surface area contributed by atoms with Gasteiger partial charge in [0.15, 0.2) is 0 Å². The van der Waals surface area contributed by atoms with E-state index in [9.17, 15) is 4.79 Å². The van der Waals surface area contributed by atoms with Gasteiger partial charge in [-0.2, -0.15) is 0 Å². The number of carbonyl (C=O) groups excluding carboxylic acids is 1. The standard InChI is InChI=1S/C23H25N5O/c29-21(27-14-16-28(17-15-27)23-24-12-7-13-25-23)18-26-22(19-8-3-1-4-9-19)20-10-5-2-6-11-20/h1-13,22,26H,14-18H2.